The van der Waals surface area contributed by atoms with Crippen LogP contribution in [0.5, 0.6) is 0 Å². The minimum atomic E-state index is 1.07. The predicted molar refractivity (Wildman–Crippen MR) is 107 cm³/mol. The van der Waals surface area contributed by atoms with Crippen molar-refractivity contribution >= 4 is 11.8 Å². The van der Waals surface area contributed by atoms with E-state index in [2.05, 4.69) is 91.0 Å². The van der Waals surface area contributed by atoms with E-state index >= 15 is 0 Å². The van der Waals surface area contributed by atoms with Crippen LogP contribution in [-0.2, 0) is 0 Å². The highest BCUT2D eigenvalue weighted by molar-refractivity contribution is 5.93. The Morgan fingerprint density at radius 2 is 1.23 bits per heavy atom. The van der Waals surface area contributed by atoms with E-state index < -0.39 is 0 Å². The summed E-state index contributed by atoms with van der Waals surface area (Å²) >= 11 is 0. The van der Waals surface area contributed by atoms with Crippen LogP contribution in [-0.4, -0.2) is 0 Å². The highest BCUT2D eigenvalue weighted by atomic mass is 14.8. The van der Waals surface area contributed by atoms with Crippen LogP contribution in [0.1, 0.15) is 5.56 Å². The summed E-state index contributed by atoms with van der Waals surface area (Å²) in [5.74, 6) is 0. The molecule has 1 heterocycles. The Morgan fingerprint density at radius 3 is 2.15 bits per heavy atom. The molecule has 26 heavy (non-hydrogen) atoms. The van der Waals surface area contributed by atoms with Crippen LogP contribution in [0.4, 0.5) is 5.69 Å². The van der Waals surface area contributed by atoms with Gasteiger partial charge in [-0.1, -0.05) is 78.9 Å². The van der Waals surface area contributed by atoms with Gasteiger partial charge in [0.15, 0.2) is 0 Å². The van der Waals surface area contributed by atoms with E-state index in [1.54, 1.807) is 0 Å². The highest BCUT2D eigenvalue weighted by Crippen LogP contribution is 2.37. The fraction of sp³-hybridized carbons (Fsp3) is 0. The number of nitrogens with zero attached hydrogens (tertiary/aromatic N) is 1. The van der Waals surface area contributed by atoms with Gasteiger partial charge in [-0.3, -0.25) is 0 Å². The standard InChI is InChI=1S/C25H15N/c1-2-7-16(8-3-1)17-10-6-11-18-19-13-14-21-20-9-4-5-12-24(20)26-25(21)23(19)15-22(17)18/h1-15H. The van der Waals surface area contributed by atoms with Crippen molar-refractivity contribution in [3.8, 4) is 33.4 Å². The maximum absolute atomic E-state index is 4.94. The van der Waals surface area contributed by atoms with Crippen molar-refractivity contribution in [2.24, 2.45) is 4.99 Å². The van der Waals surface area contributed by atoms with Gasteiger partial charge in [-0.15, -0.1) is 0 Å². The Labute approximate surface area is 151 Å². The van der Waals surface area contributed by atoms with Crippen molar-refractivity contribution in [2.75, 3.05) is 0 Å². The van der Waals surface area contributed by atoms with Crippen LogP contribution >= 0.6 is 0 Å². The zero-order chi connectivity index (χ0) is 17.1. The lowest BCUT2D eigenvalue weighted by Crippen LogP contribution is -2.25. The molecule has 6 rings (SSSR count). The zero-order valence-corrected chi connectivity index (χ0v) is 14.1. The van der Waals surface area contributed by atoms with Crippen molar-refractivity contribution in [3.63, 3.8) is 0 Å². The quantitative estimate of drug-likeness (QED) is 0.398. The molecule has 1 aliphatic heterocycles. The van der Waals surface area contributed by atoms with E-state index in [4.69, 9.17) is 4.99 Å². The number of benzene rings is 4. The summed E-state index contributed by atoms with van der Waals surface area (Å²) in [5, 5.41) is 2.36. The monoisotopic (exact) mass is 329 g/mol. The van der Waals surface area contributed by atoms with Gasteiger partial charge in [-0.2, -0.15) is 0 Å². The van der Waals surface area contributed by atoms with Gasteiger partial charge < -0.3 is 0 Å². The Hall–Kier alpha value is -3.45. The summed E-state index contributed by atoms with van der Waals surface area (Å²) < 4.78 is 0. The fourth-order valence-corrected chi connectivity index (χ4v) is 4.22. The second kappa shape index (κ2) is 5.03. The number of rotatable bonds is 1. The first-order chi connectivity index (χ1) is 12.9. The number of hydrogen-bond donors (Lipinski definition) is 0. The molecular formula is C25H15N. The molecule has 0 aromatic heterocycles. The fourth-order valence-electron chi connectivity index (χ4n) is 4.22. The number of hydrogen-bond acceptors (Lipinski definition) is 1. The van der Waals surface area contributed by atoms with E-state index in [1.165, 1.54) is 44.2 Å². The molecular weight excluding hydrogens is 314 g/mol. The van der Waals surface area contributed by atoms with E-state index in [1.807, 2.05) is 0 Å². The normalized spacial score (nSPS) is 12.5. The Balaban J connectivity index is 1.67. The maximum atomic E-state index is 4.94. The lowest BCUT2D eigenvalue weighted by Gasteiger charge is -2.08. The van der Waals surface area contributed by atoms with Gasteiger partial charge >= 0.3 is 0 Å². The number of fused-ring (bicyclic) bond motifs is 7. The Bertz CT molecular complexity index is 1310. The molecule has 1 nitrogen and oxygen atoms in total. The van der Waals surface area contributed by atoms with E-state index in [-0.39, 0.29) is 0 Å². The van der Waals surface area contributed by atoms with Crippen molar-refractivity contribution in [1.29, 1.82) is 0 Å². The van der Waals surface area contributed by atoms with E-state index in [0.29, 0.717) is 0 Å². The average Bonchev–Trinajstić information content (AvgIpc) is 3.27. The predicted octanol–water partition coefficient (Wildman–Crippen LogP) is 5.09. The maximum Gasteiger partial charge on any atom is 0.0795 e. The first kappa shape index (κ1) is 13.8. The first-order valence-corrected chi connectivity index (χ1v) is 8.92. The smallest absolute Gasteiger partial charge is 0.0795 e. The van der Waals surface area contributed by atoms with Crippen LogP contribution in [0.3, 0.4) is 0 Å². The molecule has 0 bridgehead atoms. The molecule has 0 saturated carbocycles. The average molecular weight is 329 g/mol. The molecule has 0 spiro atoms. The molecule has 0 saturated heterocycles. The zero-order valence-electron chi connectivity index (χ0n) is 14.1. The van der Waals surface area contributed by atoms with Crippen LogP contribution < -0.4 is 10.6 Å². The molecule has 4 aromatic rings. The summed E-state index contributed by atoms with van der Waals surface area (Å²) in [6.07, 6.45) is 2.32. The summed E-state index contributed by atoms with van der Waals surface area (Å²) in [5.41, 5.74) is 9.97. The Morgan fingerprint density at radius 1 is 0.500 bits per heavy atom. The molecule has 0 atom stereocenters. The third-order valence-corrected chi connectivity index (χ3v) is 5.41. The van der Waals surface area contributed by atoms with Crippen LogP contribution in [0.15, 0.2) is 89.9 Å². The third-order valence-electron chi connectivity index (χ3n) is 5.41. The molecule has 0 amide bonds. The van der Waals surface area contributed by atoms with Crippen molar-refractivity contribution in [1.82, 2.24) is 0 Å². The van der Waals surface area contributed by atoms with Gasteiger partial charge in [-0.25, -0.2) is 4.99 Å². The summed E-state index contributed by atoms with van der Waals surface area (Å²) in [6, 6.07) is 30.1. The summed E-state index contributed by atoms with van der Waals surface area (Å²) in [6.45, 7) is 0. The molecule has 0 fully saturated rings. The third kappa shape index (κ3) is 1.77. The second-order valence-corrected chi connectivity index (χ2v) is 6.83. The molecule has 2 aliphatic rings. The van der Waals surface area contributed by atoms with Gasteiger partial charge in [0, 0.05) is 16.3 Å². The largest absolute Gasteiger partial charge is 0.247 e. The van der Waals surface area contributed by atoms with Gasteiger partial charge in [0.25, 0.3) is 0 Å². The molecule has 120 valence electrons. The first-order valence-electron chi connectivity index (χ1n) is 8.92. The van der Waals surface area contributed by atoms with Crippen molar-refractivity contribution in [2.45, 2.75) is 0 Å². The van der Waals surface area contributed by atoms with E-state index in [9.17, 15) is 0 Å². The summed E-state index contributed by atoms with van der Waals surface area (Å²) in [4.78, 5) is 4.94. The van der Waals surface area contributed by atoms with Gasteiger partial charge in [0.1, 0.15) is 0 Å². The minimum absolute atomic E-state index is 1.07. The van der Waals surface area contributed by atoms with Crippen molar-refractivity contribution in [3.05, 3.63) is 101 Å². The topological polar surface area (TPSA) is 12.4 Å². The molecule has 0 radical (unpaired) electrons. The molecule has 0 N–H and O–H groups in total. The highest BCUT2D eigenvalue weighted by Gasteiger charge is 2.21. The molecule has 1 aliphatic carbocycles. The summed E-state index contributed by atoms with van der Waals surface area (Å²) in [7, 11) is 0. The van der Waals surface area contributed by atoms with Crippen molar-refractivity contribution < 1.29 is 0 Å². The van der Waals surface area contributed by atoms with Crippen LogP contribution in [0, 0.1) is 0 Å². The number of para-hydroxylation sites is 1. The van der Waals surface area contributed by atoms with Gasteiger partial charge in [0.05, 0.1) is 11.0 Å². The van der Waals surface area contributed by atoms with Crippen LogP contribution in [0.25, 0.3) is 39.5 Å². The second-order valence-electron chi connectivity index (χ2n) is 6.83. The van der Waals surface area contributed by atoms with Gasteiger partial charge in [-0.05, 0) is 40.0 Å². The molecule has 4 aromatic carbocycles. The lowest BCUT2D eigenvalue weighted by molar-refractivity contribution is 1.38. The SMILES string of the molecule is C1=c2c(ccc3c2=Nc2ccccc2-3)-c2cccc(-c3ccccc3)c21. The molecule has 1 heteroatoms. The van der Waals surface area contributed by atoms with E-state index in [0.717, 1.165) is 11.0 Å². The minimum Gasteiger partial charge on any atom is -0.247 e. The van der Waals surface area contributed by atoms with Crippen LogP contribution in [0.2, 0.25) is 0 Å². The Kier molecular flexibility index (Phi) is 2.67. The lowest BCUT2D eigenvalue weighted by atomic mass is 9.95. The molecule has 0 unspecified atom stereocenters. The van der Waals surface area contributed by atoms with Gasteiger partial charge in [0.2, 0.25) is 0 Å².